The molecule has 4 aliphatic rings. The molecule has 21 nitrogen and oxygen atoms in total. The number of alkyl halides is 2. The molecule has 6 N–H and O–H groups in total. The lowest BCUT2D eigenvalue weighted by Gasteiger charge is -2.39. The summed E-state index contributed by atoms with van der Waals surface area (Å²) in [5.41, 5.74) is 3.86. The summed E-state index contributed by atoms with van der Waals surface area (Å²) in [6.45, 7) is 1.56. The number of piperidine rings is 1. The number of nitrogens with one attached hydrogen (secondary N) is 4. The normalized spacial score (nSPS) is 19.1. The van der Waals surface area contributed by atoms with E-state index in [4.69, 9.17) is 19.5 Å². The number of nitrogens with zero attached hydrogens (tertiary/aromatic N) is 3. The fraction of sp³-hybridized carbons (Fsp3) is 0.403. The fourth-order valence-corrected chi connectivity index (χ4v) is 13.9. The van der Waals surface area contributed by atoms with Crippen molar-refractivity contribution in [3.8, 4) is 11.8 Å². The minimum absolute atomic E-state index is 0.0123. The van der Waals surface area contributed by atoms with Crippen LogP contribution in [0.2, 0.25) is 0 Å². The summed E-state index contributed by atoms with van der Waals surface area (Å²) in [4.78, 5) is 127. The number of rotatable bonds is 22. The van der Waals surface area contributed by atoms with Crippen LogP contribution in [0.4, 0.5) is 13.6 Å². The van der Waals surface area contributed by atoms with E-state index in [9.17, 15) is 42.9 Å². The van der Waals surface area contributed by atoms with Crippen molar-refractivity contribution < 1.29 is 70.3 Å². The molecule has 4 aromatic carbocycles. The molecule has 5 atom stereocenters. The predicted molar refractivity (Wildman–Crippen MR) is 315 cm³/mol. The van der Waals surface area contributed by atoms with Gasteiger partial charge in [0, 0.05) is 66.3 Å². The highest BCUT2D eigenvalue weighted by atomic mass is 32.1. The Hall–Kier alpha value is -8.36. The molecule has 1 aromatic heterocycles. The number of unbranched alkanes of at least 4 members (excludes halogenated alkanes) is 3. The molecule has 3 fully saturated rings. The van der Waals surface area contributed by atoms with Gasteiger partial charge in [0.1, 0.15) is 30.8 Å². The van der Waals surface area contributed by atoms with Crippen LogP contribution in [0.3, 0.4) is 0 Å². The number of fused-ring (bicyclic) bond motifs is 3. The number of ether oxygens (including phenoxy) is 1. The van der Waals surface area contributed by atoms with Crippen LogP contribution in [0, 0.1) is 11.8 Å². The van der Waals surface area contributed by atoms with Gasteiger partial charge in [-0.3, -0.25) is 48.2 Å². The largest absolute Gasteiger partial charge is 0.447 e. The number of carbonyl (C=O) groups is 9. The number of hydrogen-bond acceptors (Lipinski definition) is 14. The standard InChI is InChI=1S/C62H67F2N8O13PS/c1-3-84-86(82,85-4-2)62(63,64)42-25-29-50-41(33-42)34-51(87-50)58(78)66-46-36-70(53(74)24-15-7-5-6-10-17-38-22-16-23-44-45(38)35-71(59(44)79)48-28-30-52(73)68-56(48)76)32-31-43-26-27-49(72(43)60(46)80)57(77)67-47(37-83-61(65)81)55(75)69-54(39-18-11-8-12-19-39)40-20-13-9-14-21-40/h8-9,11-14,16,18-23,25,29,33-34,43,46-49,54H,3-7,15,24,26-28,30-32,35-37H2,1-2H3,(H2,65,81)(H,66,78)(H,67,77)(H,69,75)(H,68,73,76)/t43-,46+,47?,48?,49+/m1/s1. The van der Waals surface area contributed by atoms with Gasteiger partial charge in [-0.05, 0) is 105 Å². The van der Waals surface area contributed by atoms with Gasteiger partial charge in [-0.1, -0.05) is 91.1 Å². The Kier molecular flexibility index (Phi) is 20.3. The molecule has 4 aliphatic heterocycles. The zero-order valence-electron chi connectivity index (χ0n) is 47.9. The van der Waals surface area contributed by atoms with E-state index in [2.05, 4.69) is 33.1 Å². The molecule has 0 radical (unpaired) electrons. The van der Waals surface area contributed by atoms with Crippen molar-refractivity contribution in [1.29, 1.82) is 0 Å². The summed E-state index contributed by atoms with van der Waals surface area (Å²) in [5.74, 6) is 1.89. The third kappa shape index (κ3) is 14.4. The van der Waals surface area contributed by atoms with Crippen LogP contribution in [0.15, 0.2) is 103 Å². The number of carbonyl (C=O) groups excluding carboxylic acids is 9. The van der Waals surface area contributed by atoms with Crippen molar-refractivity contribution >= 4 is 82.4 Å². The van der Waals surface area contributed by atoms with Gasteiger partial charge in [-0.15, -0.1) is 11.3 Å². The minimum atomic E-state index is -4.98. The zero-order valence-corrected chi connectivity index (χ0v) is 49.6. The second-order valence-electron chi connectivity index (χ2n) is 21.4. The lowest BCUT2D eigenvalue weighted by Crippen LogP contribution is -2.62. The van der Waals surface area contributed by atoms with Crippen molar-refractivity contribution in [3.05, 3.63) is 141 Å². The molecule has 0 aliphatic carbocycles. The van der Waals surface area contributed by atoms with Gasteiger partial charge < -0.3 is 50.2 Å². The first-order valence-corrected chi connectivity index (χ1v) is 31.3. The molecule has 9 rings (SSSR count). The molecule has 0 saturated carbocycles. The Morgan fingerprint density at radius 3 is 2.24 bits per heavy atom. The van der Waals surface area contributed by atoms with Gasteiger partial charge >= 0.3 is 19.4 Å². The quantitative estimate of drug-likeness (QED) is 0.0199. The molecular weight excluding hydrogens is 1170 g/mol. The van der Waals surface area contributed by atoms with Gasteiger partial charge in [0.25, 0.3) is 11.8 Å². The van der Waals surface area contributed by atoms with E-state index in [1.54, 1.807) is 36.4 Å². The summed E-state index contributed by atoms with van der Waals surface area (Å²) in [6, 6.07) is 22.0. The summed E-state index contributed by atoms with van der Waals surface area (Å²) < 4.78 is 60.6. The van der Waals surface area contributed by atoms with E-state index in [1.165, 1.54) is 40.7 Å². The molecule has 2 unspecified atom stereocenters. The maximum atomic E-state index is 15.9. The van der Waals surface area contributed by atoms with Crippen molar-refractivity contribution in [2.45, 2.75) is 127 Å². The van der Waals surface area contributed by atoms with Crippen molar-refractivity contribution in [2.24, 2.45) is 5.73 Å². The number of imide groups is 1. The molecule has 87 heavy (non-hydrogen) atoms. The zero-order chi connectivity index (χ0) is 62.0. The van der Waals surface area contributed by atoms with Crippen LogP contribution in [-0.2, 0) is 59.3 Å². The number of hydrogen-bond donors (Lipinski definition) is 5. The molecule has 5 aromatic rings. The fourth-order valence-electron chi connectivity index (χ4n) is 11.4. The topological polar surface area (TPSA) is 282 Å². The number of amides is 9. The Morgan fingerprint density at radius 2 is 1.56 bits per heavy atom. The molecule has 458 valence electrons. The summed E-state index contributed by atoms with van der Waals surface area (Å²) in [5, 5.41) is 10.9. The van der Waals surface area contributed by atoms with Gasteiger partial charge in [-0.2, -0.15) is 8.78 Å². The Balaban J connectivity index is 0.902. The summed E-state index contributed by atoms with van der Waals surface area (Å²) >= 11 is 0.941. The highest BCUT2D eigenvalue weighted by molar-refractivity contribution is 7.54. The molecule has 5 heterocycles. The Labute approximate surface area is 504 Å². The molecular formula is C62H67F2N8O13PS. The molecule has 0 bridgehead atoms. The molecule has 25 heteroatoms. The number of primary amides is 1. The van der Waals surface area contributed by atoms with Crippen molar-refractivity contribution in [2.75, 3.05) is 32.9 Å². The Bertz CT molecular complexity index is 3510. The maximum Gasteiger partial charge on any atom is 0.404 e. The van der Waals surface area contributed by atoms with Gasteiger partial charge in [0.15, 0.2) is 0 Å². The lowest BCUT2D eigenvalue weighted by atomic mass is 9.98. The monoisotopic (exact) mass is 1230 g/mol. The van der Waals surface area contributed by atoms with E-state index in [0.29, 0.717) is 53.5 Å². The third-order valence-corrected chi connectivity index (χ3v) is 19.0. The van der Waals surface area contributed by atoms with E-state index < -0.39 is 97.3 Å². The van der Waals surface area contributed by atoms with Gasteiger partial charge in [0.2, 0.25) is 35.4 Å². The van der Waals surface area contributed by atoms with Crippen LogP contribution >= 0.6 is 18.9 Å². The SMILES string of the molecule is CCOP(=O)(OCC)C(F)(F)c1ccc2sc(C(=O)N[C@H]3CN(C(=O)CCCCCC#Cc4cccc5c4CN(C4CCC(=O)NC4=O)C5=O)CC[C@H]4CC[C@@H](C(=O)NC(COC(N)=O)C(=O)NC(c5ccccc5)c5ccccc5)N4C3=O)cc2c1. The first kappa shape index (κ1) is 63.2. The van der Waals surface area contributed by atoms with E-state index in [-0.39, 0.29) is 92.9 Å². The van der Waals surface area contributed by atoms with Crippen LogP contribution in [-0.4, -0.2) is 131 Å². The lowest BCUT2D eigenvalue weighted by molar-refractivity contribution is -0.146. The van der Waals surface area contributed by atoms with E-state index >= 15 is 13.6 Å². The highest BCUT2D eigenvalue weighted by Gasteiger charge is 2.55. The van der Waals surface area contributed by atoms with Crippen molar-refractivity contribution in [1.82, 2.24) is 36.0 Å². The number of thiophene rings is 1. The molecule has 0 spiro atoms. The number of nitrogens with two attached hydrogens (primary N) is 1. The first-order valence-electron chi connectivity index (χ1n) is 28.9. The number of benzene rings is 4. The average Bonchev–Trinajstić information content (AvgIpc) is 1.91. The van der Waals surface area contributed by atoms with Crippen LogP contribution in [0.5, 0.6) is 0 Å². The van der Waals surface area contributed by atoms with E-state index in [0.717, 1.165) is 34.6 Å². The summed E-state index contributed by atoms with van der Waals surface area (Å²) in [7, 11) is -4.98. The van der Waals surface area contributed by atoms with Gasteiger partial charge in [-0.25, -0.2) is 4.79 Å². The van der Waals surface area contributed by atoms with Gasteiger partial charge in [0.05, 0.1) is 24.1 Å². The number of halogens is 2. The van der Waals surface area contributed by atoms with Crippen LogP contribution in [0.1, 0.15) is 132 Å². The highest BCUT2D eigenvalue weighted by Crippen LogP contribution is 2.67. The predicted octanol–water partition coefficient (Wildman–Crippen LogP) is 7.16. The molecule has 9 amide bonds. The molecule has 3 saturated heterocycles. The first-order chi connectivity index (χ1) is 41.8. The van der Waals surface area contributed by atoms with E-state index in [1.807, 2.05) is 42.5 Å². The van der Waals surface area contributed by atoms with Crippen LogP contribution < -0.4 is 27.0 Å². The minimum Gasteiger partial charge on any atom is -0.447 e. The van der Waals surface area contributed by atoms with Crippen LogP contribution in [0.25, 0.3) is 10.1 Å². The maximum absolute atomic E-state index is 15.9. The second-order valence-corrected chi connectivity index (χ2v) is 24.6. The Morgan fingerprint density at radius 1 is 0.851 bits per heavy atom. The average molecular weight is 1230 g/mol. The van der Waals surface area contributed by atoms with Crippen molar-refractivity contribution in [3.63, 3.8) is 0 Å². The third-order valence-electron chi connectivity index (χ3n) is 15.8. The smallest absolute Gasteiger partial charge is 0.404 e. The summed E-state index contributed by atoms with van der Waals surface area (Å²) in [6.07, 6.45) is 2.08. The second kappa shape index (κ2) is 28.0.